The number of nitrogens with zero attached hydrogens (tertiary/aromatic N) is 2. The first-order chi connectivity index (χ1) is 6.78. The maximum atomic E-state index is 4.47. The molecule has 0 saturated carbocycles. The van der Waals surface area contributed by atoms with Crippen molar-refractivity contribution in [2.45, 2.75) is 22.0 Å². The van der Waals surface area contributed by atoms with E-state index in [-0.39, 0.29) is 0 Å². The second kappa shape index (κ2) is 4.74. The highest BCUT2D eigenvalue weighted by molar-refractivity contribution is 9.10. The van der Waals surface area contributed by atoms with E-state index in [4.69, 9.17) is 0 Å². The summed E-state index contributed by atoms with van der Waals surface area (Å²) < 4.78 is 3.01. The highest BCUT2D eigenvalue weighted by Gasteiger charge is 2.06. The van der Waals surface area contributed by atoms with Gasteiger partial charge in [-0.2, -0.15) is 0 Å². The molecule has 6 heteroatoms. The normalized spacial score (nSPS) is 10.7. The van der Waals surface area contributed by atoms with Gasteiger partial charge >= 0.3 is 0 Å². The molecule has 0 amide bonds. The van der Waals surface area contributed by atoms with Crippen LogP contribution in [0.15, 0.2) is 24.0 Å². The first-order valence-corrected chi connectivity index (χ1v) is 7.38. The van der Waals surface area contributed by atoms with Gasteiger partial charge < -0.3 is 0 Å². The molecule has 0 N–H and O–H groups in total. The Morgan fingerprint density at radius 3 is 2.57 bits per heavy atom. The lowest BCUT2D eigenvalue weighted by Gasteiger charge is -1.88. The molecule has 2 rings (SSSR count). The van der Waals surface area contributed by atoms with Crippen LogP contribution in [0.4, 0.5) is 0 Å². The summed E-state index contributed by atoms with van der Waals surface area (Å²) in [5.41, 5.74) is 1.16. The Bertz CT molecular complexity index is 424. The molecule has 0 aromatic carbocycles. The Balaban J connectivity index is 2.10. The number of aromatic nitrogens is 2. The van der Waals surface area contributed by atoms with E-state index in [1.165, 1.54) is 0 Å². The zero-order chi connectivity index (χ0) is 9.97. The van der Waals surface area contributed by atoms with Crippen molar-refractivity contribution in [3.63, 3.8) is 0 Å². The lowest BCUT2D eigenvalue weighted by atomic mass is 10.4. The van der Waals surface area contributed by atoms with E-state index in [1.54, 1.807) is 34.4 Å². The van der Waals surface area contributed by atoms with Crippen molar-refractivity contribution >= 4 is 50.4 Å². The molecule has 2 aromatic heterocycles. The summed E-state index contributed by atoms with van der Waals surface area (Å²) in [6.07, 6.45) is 0.999. The predicted molar refractivity (Wildman–Crippen MR) is 65.4 cm³/mol. The molecule has 0 aliphatic heterocycles. The maximum absolute atomic E-state index is 4.47. The number of rotatable bonds is 3. The van der Waals surface area contributed by atoms with Gasteiger partial charge in [0.25, 0.3) is 0 Å². The largest absolute Gasteiger partial charge is 0.234 e. The van der Waals surface area contributed by atoms with Gasteiger partial charge in [0.2, 0.25) is 0 Å². The average Bonchev–Trinajstić information content (AvgIpc) is 2.76. The van der Waals surface area contributed by atoms with Crippen molar-refractivity contribution in [3.8, 4) is 0 Å². The third-order valence-corrected chi connectivity index (χ3v) is 5.16. The van der Waals surface area contributed by atoms with Crippen molar-refractivity contribution in [1.82, 2.24) is 9.97 Å². The summed E-state index contributed by atoms with van der Waals surface area (Å²) in [7, 11) is 0. The summed E-state index contributed by atoms with van der Waals surface area (Å²) in [6.45, 7) is 2.11. The first-order valence-electron chi connectivity index (χ1n) is 4.01. The topological polar surface area (TPSA) is 25.8 Å². The molecular formula is C8H7BrN2S3. The number of hydrogen-bond acceptors (Lipinski definition) is 5. The Labute approximate surface area is 103 Å². The van der Waals surface area contributed by atoms with Crippen LogP contribution < -0.4 is 0 Å². The molecule has 0 radical (unpaired) electrons. The van der Waals surface area contributed by atoms with E-state index in [0.29, 0.717) is 0 Å². The van der Waals surface area contributed by atoms with Crippen molar-refractivity contribution in [2.75, 3.05) is 0 Å². The molecule has 0 saturated heterocycles. The number of halogens is 1. The molecular weight excluding hydrogens is 300 g/mol. The smallest absolute Gasteiger partial charge is 0.158 e. The highest BCUT2D eigenvalue weighted by atomic mass is 79.9. The van der Waals surface area contributed by atoms with E-state index in [9.17, 15) is 0 Å². The monoisotopic (exact) mass is 306 g/mol. The van der Waals surface area contributed by atoms with Crippen molar-refractivity contribution < 1.29 is 0 Å². The lowest BCUT2D eigenvalue weighted by molar-refractivity contribution is 1.02. The number of hydrogen-bond donors (Lipinski definition) is 0. The van der Waals surface area contributed by atoms with E-state index >= 15 is 0 Å². The minimum atomic E-state index is 0.900. The second-order valence-corrected chi connectivity index (χ2v) is 6.52. The van der Waals surface area contributed by atoms with Crippen LogP contribution in [0.25, 0.3) is 0 Å². The van der Waals surface area contributed by atoms with Crippen LogP contribution in [0.2, 0.25) is 0 Å². The zero-order valence-electron chi connectivity index (χ0n) is 7.36. The summed E-state index contributed by atoms with van der Waals surface area (Å²) >= 11 is 8.28. The average molecular weight is 307 g/mol. The predicted octanol–water partition coefficient (Wildman–Crippen LogP) is 4.08. The molecule has 2 heterocycles. The molecule has 0 spiro atoms. The van der Waals surface area contributed by atoms with Crippen molar-refractivity contribution in [2.24, 2.45) is 0 Å². The van der Waals surface area contributed by atoms with E-state index in [2.05, 4.69) is 38.2 Å². The molecule has 2 nitrogen and oxygen atoms in total. The molecule has 2 aromatic rings. The fourth-order valence-electron chi connectivity index (χ4n) is 0.858. The van der Waals surface area contributed by atoms with Gasteiger partial charge in [-0.25, -0.2) is 9.97 Å². The van der Waals surface area contributed by atoms with Gasteiger partial charge in [-0.3, -0.25) is 0 Å². The van der Waals surface area contributed by atoms with E-state index < -0.39 is 0 Å². The molecule has 0 fully saturated rings. The van der Waals surface area contributed by atoms with Gasteiger partial charge in [-0.15, -0.1) is 22.7 Å². The van der Waals surface area contributed by atoms with Crippen LogP contribution in [0.3, 0.4) is 0 Å². The minimum Gasteiger partial charge on any atom is -0.234 e. The fourth-order valence-corrected chi connectivity index (χ4v) is 4.34. The second-order valence-electron chi connectivity index (χ2n) is 2.50. The molecule has 74 valence electrons. The first kappa shape index (κ1) is 10.6. The third-order valence-electron chi connectivity index (χ3n) is 1.52. The van der Waals surface area contributed by atoms with Crippen LogP contribution in [0.1, 0.15) is 12.6 Å². The maximum Gasteiger partial charge on any atom is 0.158 e. The zero-order valence-corrected chi connectivity index (χ0v) is 11.4. The van der Waals surface area contributed by atoms with Crippen LogP contribution >= 0.6 is 50.4 Å². The SMILES string of the molecule is CCc1csc(Sc2nc(Br)cs2)n1. The van der Waals surface area contributed by atoms with Crippen LogP contribution in [-0.4, -0.2) is 9.97 Å². The lowest BCUT2D eigenvalue weighted by Crippen LogP contribution is -1.77. The summed E-state index contributed by atoms with van der Waals surface area (Å²) in [5, 5.41) is 4.08. The molecule has 0 bridgehead atoms. The van der Waals surface area contributed by atoms with Gasteiger partial charge in [0.1, 0.15) is 4.60 Å². The molecule has 0 atom stereocenters. The summed E-state index contributed by atoms with van der Waals surface area (Å²) in [5.74, 6) is 0. The fraction of sp³-hybridized carbons (Fsp3) is 0.250. The Kier molecular flexibility index (Phi) is 3.59. The number of thiazole rings is 2. The standard InChI is InChI=1S/C8H7BrN2S3/c1-2-5-3-12-7(10-5)14-8-11-6(9)4-13-8/h3-4H,2H2,1H3. The Hall–Kier alpha value is 0.0900. The number of aryl methyl sites for hydroxylation is 1. The van der Waals surface area contributed by atoms with Gasteiger partial charge in [-0.05, 0) is 34.1 Å². The summed E-state index contributed by atoms with van der Waals surface area (Å²) in [6, 6.07) is 0. The highest BCUT2D eigenvalue weighted by Crippen LogP contribution is 2.33. The Morgan fingerprint density at radius 2 is 2.00 bits per heavy atom. The van der Waals surface area contributed by atoms with Crippen LogP contribution in [0, 0.1) is 0 Å². The van der Waals surface area contributed by atoms with Crippen molar-refractivity contribution in [3.05, 3.63) is 21.1 Å². The minimum absolute atomic E-state index is 0.900. The van der Waals surface area contributed by atoms with Gasteiger partial charge in [0.05, 0.1) is 5.69 Å². The van der Waals surface area contributed by atoms with Crippen LogP contribution in [-0.2, 0) is 6.42 Å². The molecule has 14 heavy (non-hydrogen) atoms. The van der Waals surface area contributed by atoms with Crippen LogP contribution in [0.5, 0.6) is 0 Å². The van der Waals surface area contributed by atoms with E-state index in [0.717, 1.165) is 25.4 Å². The van der Waals surface area contributed by atoms with E-state index in [1.807, 2.05) is 5.38 Å². The quantitative estimate of drug-likeness (QED) is 0.854. The third kappa shape index (κ3) is 2.56. The van der Waals surface area contributed by atoms with Gasteiger partial charge in [0.15, 0.2) is 8.68 Å². The van der Waals surface area contributed by atoms with Gasteiger partial charge in [-0.1, -0.05) is 6.92 Å². The molecule has 0 aliphatic rings. The Morgan fingerprint density at radius 1 is 1.29 bits per heavy atom. The van der Waals surface area contributed by atoms with Crippen molar-refractivity contribution in [1.29, 1.82) is 0 Å². The molecule has 0 aliphatic carbocycles. The summed E-state index contributed by atoms with van der Waals surface area (Å²) in [4.78, 5) is 8.77. The van der Waals surface area contributed by atoms with Gasteiger partial charge in [0, 0.05) is 10.8 Å². The molecule has 0 unspecified atom stereocenters.